The van der Waals surface area contributed by atoms with Gasteiger partial charge in [0.1, 0.15) is 0 Å². The smallest absolute Gasteiger partial charge is 0.0856 e. The van der Waals surface area contributed by atoms with Gasteiger partial charge < -0.3 is 0 Å². The summed E-state index contributed by atoms with van der Waals surface area (Å²) >= 11 is 0. The van der Waals surface area contributed by atoms with Crippen molar-refractivity contribution in [2.45, 2.75) is 19.3 Å². The minimum atomic E-state index is 0.0185. The van der Waals surface area contributed by atoms with Crippen LogP contribution in [0.15, 0.2) is 0 Å². The van der Waals surface area contributed by atoms with E-state index in [0.29, 0.717) is 5.92 Å². The standard InChI is InChI=1S/C6H10O/c7-5-4-6-2-1-3-6/h4,6H,1-3,5H2. The lowest BCUT2D eigenvalue weighted by Crippen LogP contribution is -2.12. The van der Waals surface area contributed by atoms with Crippen molar-refractivity contribution >= 4 is 0 Å². The Hall–Kier alpha value is -0.0400. The van der Waals surface area contributed by atoms with Gasteiger partial charge in [0.25, 0.3) is 0 Å². The maximum atomic E-state index is 9.88. The van der Waals surface area contributed by atoms with Crippen LogP contribution < -0.4 is 0 Å². The topological polar surface area (TPSA) is 19.9 Å². The molecule has 2 radical (unpaired) electrons. The second-order valence-corrected chi connectivity index (χ2v) is 2.09. The molecule has 0 amide bonds. The summed E-state index contributed by atoms with van der Waals surface area (Å²) in [6.45, 7) is 0.0185. The first-order chi connectivity index (χ1) is 3.43. The highest BCUT2D eigenvalue weighted by atomic mass is 16.3. The maximum Gasteiger partial charge on any atom is 0.0856 e. The van der Waals surface area contributed by atoms with E-state index in [0.717, 1.165) is 0 Å². The van der Waals surface area contributed by atoms with E-state index in [2.05, 4.69) is 0 Å². The van der Waals surface area contributed by atoms with Gasteiger partial charge in [-0.3, -0.25) is 0 Å². The SMILES string of the molecule is [O]C[CH]C1CCC1. The number of hydrogen-bond acceptors (Lipinski definition) is 0. The number of hydrogen-bond donors (Lipinski definition) is 0. The minimum absolute atomic E-state index is 0.0185. The van der Waals surface area contributed by atoms with Crippen LogP contribution in [0.4, 0.5) is 0 Å². The summed E-state index contributed by atoms with van der Waals surface area (Å²) in [6.07, 6.45) is 5.75. The van der Waals surface area contributed by atoms with Gasteiger partial charge in [-0.05, 0) is 12.3 Å². The van der Waals surface area contributed by atoms with Gasteiger partial charge >= 0.3 is 0 Å². The molecular formula is C6H10O. The predicted molar refractivity (Wildman–Crippen MR) is 27.2 cm³/mol. The van der Waals surface area contributed by atoms with E-state index in [1.54, 1.807) is 0 Å². The molecule has 0 bridgehead atoms. The Labute approximate surface area is 44.4 Å². The third-order valence-corrected chi connectivity index (χ3v) is 1.58. The van der Waals surface area contributed by atoms with Gasteiger partial charge in [-0.1, -0.05) is 19.3 Å². The molecule has 0 aliphatic heterocycles. The van der Waals surface area contributed by atoms with Crippen LogP contribution in [0.2, 0.25) is 0 Å². The van der Waals surface area contributed by atoms with Gasteiger partial charge in [0, 0.05) is 0 Å². The van der Waals surface area contributed by atoms with E-state index in [9.17, 15) is 5.11 Å². The monoisotopic (exact) mass is 98.1 g/mol. The molecule has 7 heavy (non-hydrogen) atoms. The molecule has 0 spiro atoms. The maximum absolute atomic E-state index is 9.88. The van der Waals surface area contributed by atoms with Gasteiger partial charge in [0.15, 0.2) is 0 Å². The molecule has 0 unspecified atom stereocenters. The fourth-order valence-electron chi connectivity index (χ4n) is 0.812. The molecule has 1 fully saturated rings. The molecular weight excluding hydrogens is 88.1 g/mol. The van der Waals surface area contributed by atoms with Crippen LogP contribution in [0, 0.1) is 12.3 Å². The van der Waals surface area contributed by atoms with E-state index in [-0.39, 0.29) is 6.61 Å². The van der Waals surface area contributed by atoms with Crippen LogP contribution in [0.3, 0.4) is 0 Å². The zero-order valence-electron chi connectivity index (χ0n) is 4.39. The zero-order valence-corrected chi connectivity index (χ0v) is 4.39. The highest BCUT2D eigenvalue weighted by Gasteiger charge is 2.16. The second-order valence-electron chi connectivity index (χ2n) is 2.09. The van der Waals surface area contributed by atoms with Gasteiger partial charge in [-0.2, -0.15) is 0 Å². The summed E-state index contributed by atoms with van der Waals surface area (Å²) in [5, 5.41) is 9.88. The van der Waals surface area contributed by atoms with Crippen LogP contribution in [-0.4, -0.2) is 6.61 Å². The third-order valence-electron chi connectivity index (χ3n) is 1.58. The number of rotatable bonds is 2. The fraction of sp³-hybridized carbons (Fsp3) is 0.833. The van der Waals surface area contributed by atoms with Crippen LogP contribution in [0.1, 0.15) is 19.3 Å². The molecule has 1 aliphatic rings. The Morgan fingerprint density at radius 3 is 2.43 bits per heavy atom. The molecule has 1 nitrogen and oxygen atoms in total. The summed E-state index contributed by atoms with van der Waals surface area (Å²) < 4.78 is 0. The first kappa shape index (κ1) is 5.10. The van der Waals surface area contributed by atoms with Crippen LogP contribution in [0.25, 0.3) is 0 Å². The van der Waals surface area contributed by atoms with Gasteiger partial charge in [0.05, 0.1) is 6.61 Å². The summed E-state index contributed by atoms with van der Waals surface area (Å²) in [6, 6.07) is 0. The summed E-state index contributed by atoms with van der Waals surface area (Å²) in [4.78, 5) is 0. The van der Waals surface area contributed by atoms with Crippen molar-refractivity contribution in [2.24, 2.45) is 5.92 Å². The molecule has 0 heterocycles. The highest BCUT2D eigenvalue weighted by molar-refractivity contribution is 4.81. The molecule has 1 heteroatoms. The van der Waals surface area contributed by atoms with Crippen LogP contribution in [0.5, 0.6) is 0 Å². The Kier molecular flexibility index (Phi) is 1.69. The minimum Gasteiger partial charge on any atom is -0.236 e. The molecule has 0 aromatic carbocycles. The van der Waals surface area contributed by atoms with Gasteiger partial charge in [-0.15, -0.1) is 0 Å². The Balaban J connectivity index is 1.93. The molecule has 0 N–H and O–H groups in total. The van der Waals surface area contributed by atoms with E-state index >= 15 is 0 Å². The summed E-state index contributed by atoms with van der Waals surface area (Å²) in [5.41, 5.74) is 0. The van der Waals surface area contributed by atoms with Crippen LogP contribution in [-0.2, 0) is 5.11 Å². The molecule has 0 aromatic heterocycles. The lowest BCUT2D eigenvalue weighted by atomic mass is 9.83. The first-order valence-electron chi connectivity index (χ1n) is 2.85. The van der Waals surface area contributed by atoms with E-state index in [4.69, 9.17) is 0 Å². The van der Waals surface area contributed by atoms with Crippen molar-refractivity contribution in [3.63, 3.8) is 0 Å². The lowest BCUT2D eigenvalue weighted by molar-refractivity contribution is 0.194. The predicted octanol–water partition coefficient (Wildman–Crippen LogP) is 1.42. The Morgan fingerprint density at radius 1 is 1.57 bits per heavy atom. The highest BCUT2D eigenvalue weighted by Crippen LogP contribution is 2.27. The fourth-order valence-corrected chi connectivity index (χ4v) is 0.812. The molecule has 0 atom stereocenters. The average Bonchev–Trinajstić information content (AvgIpc) is 1.55. The van der Waals surface area contributed by atoms with Crippen molar-refractivity contribution < 1.29 is 5.11 Å². The normalized spacial score (nSPS) is 21.9. The van der Waals surface area contributed by atoms with Gasteiger partial charge in [0.2, 0.25) is 0 Å². The van der Waals surface area contributed by atoms with E-state index < -0.39 is 0 Å². The third kappa shape index (κ3) is 1.16. The largest absolute Gasteiger partial charge is 0.236 e. The Bertz CT molecular complexity index is 48.1. The summed E-state index contributed by atoms with van der Waals surface area (Å²) in [5.74, 6) is 0.692. The first-order valence-corrected chi connectivity index (χ1v) is 2.85. The molecule has 1 rings (SSSR count). The van der Waals surface area contributed by atoms with E-state index in [1.165, 1.54) is 19.3 Å². The Morgan fingerprint density at radius 2 is 2.29 bits per heavy atom. The lowest BCUT2D eigenvalue weighted by Gasteiger charge is -2.23. The summed E-state index contributed by atoms with van der Waals surface area (Å²) in [7, 11) is 0. The van der Waals surface area contributed by atoms with Crippen molar-refractivity contribution in [1.29, 1.82) is 0 Å². The zero-order chi connectivity index (χ0) is 5.11. The second kappa shape index (κ2) is 2.31. The quantitative estimate of drug-likeness (QED) is 0.497. The molecule has 0 aromatic rings. The molecule has 1 saturated carbocycles. The molecule has 0 saturated heterocycles. The van der Waals surface area contributed by atoms with Crippen molar-refractivity contribution in [1.82, 2.24) is 0 Å². The molecule has 1 aliphatic carbocycles. The van der Waals surface area contributed by atoms with Gasteiger partial charge in [-0.25, -0.2) is 5.11 Å². The van der Waals surface area contributed by atoms with Crippen molar-refractivity contribution in [2.75, 3.05) is 6.61 Å². The van der Waals surface area contributed by atoms with Crippen molar-refractivity contribution in [3.05, 3.63) is 6.42 Å². The average molecular weight is 98.1 g/mol. The van der Waals surface area contributed by atoms with E-state index in [1.807, 2.05) is 6.42 Å². The van der Waals surface area contributed by atoms with Crippen LogP contribution >= 0.6 is 0 Å². The van der Waals surface area contributed by atoms with Crippen molar-refractivity contribution in [3.8, 4) is 0 Å². The molecule has 40 valence electrons.